The minimum Gasteiger partial charge on any atom is -0.493 e. The molecule has 27 heavy (non-hydrogen) atoms. The van der Waals surface area contributed by atoms with Gasteiger partial charge < -0.3 is 19.5 Å². The van der Waals surface area contributed by atoms with Crippen LogP contribution in [0.1, 0.15) is 11.1 Å². The third kappa shape index (κ3) is 6.45. The first kappa shape index (κ1) is 20.5. The van der Waals surface area contributed by atoms with Crippen LogP contribution in [0.4, 0.5) is 0 Å². The van der Waals surface area contributed by atoms with E-state index < -0.39 is 5.97 Å². The van der Waals surface area contributed by atoms with Crippen LogP contribution in [0.5, 0.6) is 11.5 Å². The minimum absolute atomic E-state index is 0.347. The van der Waals surface area contributed by atoms with Crippen molar-refractivity contribution in [1.82, 2.24) is 5.32 Å². The van der Waals surface area contributed by atoms with Crippen molar-refractivity contribution in [2.24, 2.45) is 0 Å². The van der Waals surface area contributed by atoms with Crippen molar-refractivity contribution in [3.63, 3.8) is 0 Å². The predicted octanol–water partition coefficient (Wildman–Crippen LogP) is 3.34. The highest BCUT2D eigenvalue weighted by Gasteiger charge is 2.07. The van der Waals surface area contributed by atoms with Crippen LogP contribution >= 0.6 is 15.9 Å². The number of ether oxygens (including phenoxy) is 3. The summed E-state index contributed by atoms with van der Waals surface area (Å²) in [5.41, 5.74) is 1.67. The van der Waals surface area contributed by atoms with Crippen LogP contribution in [0.25, 0.3) is 6.08 Å². The van der Waals surface area contributed by atoms with Crippen molar-refractivity contribution in [2.75, 3.05) is 20.8 Å². The lowest BCUT2D eigenvalue weighted by molar-refractivity contribution is -0.143. The highest BCUT2D eigenvalue weighted by molar-refractivity contribution is 9.10. The molecule has 0 spiro atoms. The summed E-state index contributed by atoms with van der Waals surface area (Å²) in [5.74, 6) is 0.165. The molecule has 6 nitrogen and oxygen atoms in total. The van der Waals surface area contributed by atoms with Crippen molar-refractivity contribution in [2.45, 2.75) is 6.54 Å². The molecule has 1 N–H and O–H groups in total. The first-order chi connectivity index (χ1) is 13.0. The minimum atomic E-state index is -0.610. The Bertz CT molecular complexity index is 835. The highest BCUT2D eigenvalue weighted by atomic mass is 79.9. The quantitative estimate of drug-likeness (QED) is 0.510. The second-order valence-corrected chi connectivity index (χ2v) is 6.28. The molecule has 7 heteroatoms. The summed E-state index contributed by atoms with van der Waals surface area (Å²) < 4.78 is 16.2. The molecule has 142 valence electrons. The number of hydrogen-bond donors (Lipinski definition) is 1. The fourth-order valence-electron chi connectivity index (χ4n) is 2.19. The topological polar surface area (TPSA) is 73.9 Å². The van der Waals surface area contributed by atoms with Crippen molar-refractivity contribution in [1.29, 1.82) is 0 Å². The summed E-state index contributed by atoms with van der Waals surface area (Å²) in [4.78, 5) is 23.6. The molecule has 0 aromatic heterocycles. The van der Waals surface area contributed by atoms with Crippen LogP contribution in [0.15, 0.2) is 53.0 Å². The maximum absolute atomic E-state index is 11.8. The lowest BCUT2D eigenvalue weighted by Crippen LogP contribution is -2.28. The molecule has 2 aromatic rings. The number of rotatable bonds is 8. The van der Waals surface area contributed by atoms with Crippen molar-refractivity contribution in [3.05, 3.63) is 64.1 Å². The van der Waals surface area contributed by atoms with Crippen LogP contribution in [-0.4, -0.2) is 32.7 Å². The Morgan fingerprint density at radius 2 is 1.81 bits per heavy atom. The normalized spacial score (nSPS) is 10.5. The Balaban J connectivity index is 1.81. The predicted molar refractivity (Wildman–Crippen MR) is 106 cm³/mol. The van der Waals surface area contributed by atoms with Gasteiger partial charge in [0, 0.05) is 17.1 Å². The molecule has 2 aromatic carbocycles. The molecule has 0 saturated carbocycles. The first-order valence-electron chi connectivity index (χ1n) is 8.10. The van der Waals surface area contributed by atoms with Gasteiger partial charge in [0.1, 0.15) is 0 Å². The van der Waals surface area contributed by atoms with Gasteiger partial charge in [-0.25, -0.2) is 4.79 Å². The third-order valence-electron chi connectivity index (χ3n) is 3.60. The van der Waals surface area contributed by atoms with Gasteiger partial charge in [-0.2, -0.15) is 0 Å². The number of hydrogen-bond acceptors (Lipinski definition) is 5. The van der Waals surface area contributed by atoms with Crippen LogP contribution in [0.2, 0.25) is 0 Å². The fourth-order valence-corrected chi connectivity index (χ4v) is 2.62. The number of methoxy groups -OCH3 is 2. The van der Waals surface area contributed by atoms with Gasteiger partial charge in [0.05, 0.1) is 14.2 Å². The molecule has 0 radical (unpaired) electrons. The summed E-state index contributed by atoms with van der Waals surface area (Å²) >= 11 is 3.41. The van der Waals surface area contributed by atoms with Gasteiger partial charge >= 0.3 is 5.97 Å². The summed E-state index contributed by atoms with van der Waals surface area (Å²) in [6.45, 7) is -0.00114. The van der Waals surface area contributed by atoms with Gasteiger partial charge in [-0.05, 0) is 35.4 Å². The van der Waals surface area contributed by atoms with Gasteiger partial charge in [-0.15, -0.1) is 0 Å². The monoisotopic (exact) mass is 433 g/mol. The standard InChI is InChI=1S/C20H20BrNO5/c1-25-17-9-7-14(11-18(17)26-2)8-10-20(24)27-13-19(23)22-12-15-5-3-4-6-16(15)21/h3-11H,12-13H2,1-2H3,(H,22,23)/b10-8+. The van der Waals surface area contributed by atoms with E-state index in [-0.39, 0.29) is 12.5 Å². The molecule has 2 rings (SSSR count). The number of amides is 1. The van der Waals surface area contributed by atoms with Crippen LogP contribution < -0.4 is 14.8 Å². The third-order valence-corrected chi connectivity index (χ3v) is 4.37. The van der Waals surface area contributed by atoms with Crippen molar-refractivity contribution >= 4 is 33.9 Å². The van der Waals surface area contributed by atoms with Gasteiger partial charge in [0.15, 0.2) is 18.1 Å². The molecule has 0 saturated heterocycles. The Labute approximate surface area is 166 Å². The average molecular weight is 434 g/mol. The average Bonchev–Trinajstić information content (AvgIpc) is 2.69. The van der Waals surface area contributed by atoms with Gasteiger partial charge in [-0.1, -0.05) is 40.2 Å². The number of carbonyl (C=O) groups is 2. The van der Waals surface area contributed by atoms with E-state index in [9.17, 15) is 9.59 Å². The second kappa shape index (κ2) is 10.4. The maximum atomic E-state index is 11.8. The van der Waals surface area contributed by atoms with E-state index in [1.54, 1.807) is 31.4 Å². The van der Waals surface area contributed by atoms with E-state index in [2.05, 4.69) is 21.2 Å². The van der Waals surface area contributed by atoms with Crippen LogP contribution in [0, 0.1) is 0 Å². The van der Waals surface area contributed by atoms with Crippen LogP contribution in [0.3, 0.4) is 0 Å². The Kier molecular flexibility index (Phi) is 7.88. The van der Waals surface area contributed by atoms with E-state index in [1.165, 1.54) is 13.2 Å². The molecular weight excluding hydrogens is 414 g/mol. The van der Waals surface area contributed by atoms with Crippen molar-refractivity contribution < 1.29 is 23.8 Å². The number of carbonyl (C=O) groups excluding carboxylic acids is 2. The van der Waals surface area contributed by atoms with Crippen LogP contribution in [-0.2, 0) is 20.9 Å². The fraction of sp³-hybridized carbons (Fsp3) is 0.200. The molecule has 0 aliphatic rings. The van der Waals surface area contributed by atoms with E-state index in [4.69, 9.17) is 14.2 Å². The number of benzene rings is 2. The molecule has 0 fully saturated rings. The first-order valence-corrected chi connectivity index (χ1v) is 8.89. The molecule has 0 aliphatic heterocycles. The van der Waals surface area contributed by atoms with Gasteiger partial charge in [0.25, 0.3) is 5.91 Å². The number of esters is 1. The van der Waals surface area contributed by atoms with E-state index in [0.717, 1.165) is 15.6 Å². The van der Waals surface area contributed by atoms with Gasteiger partial charge in [0.2, 0.25) is 0 Å². The SMILES string of the molecule is COc1ccc(/C=C/C(=O)OCC(=O)NCc2ccccc2Br)cc1OC. The molecule has 0 aliphatic carbocycles. The lowest BCUT2D eigenvalue weighted by atomic mass is 10.2. The summed E-state index contributed by atoms with van der Waals surface area (Å²) in [7, 11) is 3.08. The highest BCUT2D eigenvalue weighted by Crippen LogP contribution is 2.27. The zero-order valence-electron chi connectivity index (χ0n) is 15.0. The largest absolute Gasteiger partial charge is 0.493 e. The number of halogens is 1. The summed E-state index contributed by atoms with van der Waals surface area (Å²) in [6.07, 6.45) is 2.82. The second-order valence-electron chi connectivity index (χ2n) is 5.42. The lowest BCUT2D eigenvalue weighted by Gasteiger charge is -2.08. The number of nitrogens with one attached hydrogen (secondary N) is 1. The van der Waals surface area contributed by atoms with E-state index >= 15 is 0 Å². The van der Waals surface area contributed by atoms with Crippen molar-refractivity contribution in [3.8, 4) is 11.5 Å². The zero-order valence-corrected chi connectivity index (χ0v) is 16.6. The summed E-state index contributed by atoms with van der Waals surface area (Å²) in [6, 6.07) is 12.8. The Hall–Kier alpha value is -2.80. The Morgan fingerprint density at radius 3 is 2.52 bits per heavy atom. The maximum Gasteiger partial charge on any atom is 0.331 e. The summed E-state index contributed by atoms with van der Waals surface area (Å²) in [5, 5.41) is 2.70. The Morgan fingerprint density at radius 1 is 1.07 bits per heavy atom. The molecule has 1 amide bonds. The molecule has 0 bridgehead atoms. The molecule has 0 heterocycles. The van der Waals surface area contributed by atoms with Gasteiger partial charge in [-0.3, -0.25) is 4.79 Å². The van der Waals surface area contributed by atoms with E-state index in [0.29, 0.717) is 18.0 Å². The molecule has 0 unspecified atom stereocenters. The molecule has 0 atom stereocenters. The zero-order chi connectivity index (χ0) is 19.6. The van der Waals surface area contributed by atoms with E-state index in [1.807, 2.05) is 24.3 Å². The molecular formula is C20H20BrNO5. The smallest absolute Gasteiger partial charge is 0.331 e.